The second kappa shape index (κ2) is 10.2. The van der Waals surface area contributed by atoms with Crippen molar-refractivity contribution in [2.75, 3.05) is 25.9 Å². The van der Waals surface area contributed by atoms with Crippen LogP contribution in [0.4, 0.5) is 0 Å². The second-order valence-electron chi connectivity index (χ2n) is 5.04. The molecule has 0 saturated carbocycles. The van der Waals surface area contributed by atoms with Crippen LogP contribution in [0.1, 0.15) is 25.4 Å². The summed E-state index contributed by atoms with van der Waals surface area (Å²) in [4.78, 5) is 13.9. The molecule has 0 bridgehead atoms. The van der Waals surface area contributed by atoms with Crippen molar-refractivity contribution < 1.29 is 9.34 Å². The highest BCUT2D eigenvalue weighted by Gasteiger charge is 2.06. The first-order chi connectivity index (χ1) is 10.5. The van der Waals surface area contributed by atoms with Crippen LogP contribution >= 0.6 is 11.8 Å². The Bertz CT molecular complexity index is 488. The summed E-state index contributed by atoms with van der Waals surface area (Å²) in [5.74, 6) is 3.91. The molecule has 124 valence electrons. The molecular formula is C14H24N4O3S. The van der Waals surface area contributed by atoms with Crippen LogP contribution in [0.3, 0.4) is 0 Å². The van der Waals surface area contributed by atoms with Gasteiger partial charge in [-0.3, -0.25) is 15.1 Å². The maximum absolute atomic E-state index is 10.4. The van der Waals surface area contributed by atoms with Gasteiger partial charge in [-0.05, 0) is 12.1 Å². The number of amidine groups is 1. The van der Waals surface area contributed by atoms with E-state index in [1.165, 1.54) is 0 Å². The van der Waals surface area contributed by atoms with Gasteiger partial charge < -0.3 is 15.1 Å². The van der Waals surface area contributed by atoms with E-state index in [0.29, 0.717) is 18.4 Å². The molecule has 0 amide bonds. The molecule has 1 heterocycles. The van der Waals surface area contributed by atoms with E-state index in [4.69, 9.17) is 4.42 Å². The quantitative estimate of drug-likeness (QED) is 0.224. The van der Waals surface area contributed by atoms with Gasteiger partial charge in [0, 0.05) is 30.3 Å². The smallest absolute Gasteiger partial charge is 0.259 e. The predicted octanol–water partition coefficient (Wildman–Crippen LogP) is 1.91. The third kappa shape index (κ3) is 8.04. The zero-order chi connectivity index (χ0) is 16.4. The van der Waals surface area contributed by atoms with E-state index in [2.05, 4.69) is 29.5 Å². The molecule has 0 unspecified atom stereocenters. The topological polar surface area (TPSA) is 92.7 Å². The van der Waals surface area contributed by atoms with E-state index < -0.39 is 4.92 Å². The summed E-state index contributed by atoms with van der Waals surface area (Å²) in [5.41, 5.74) is 0. The van der Waals surface area contributed by atoms with Crippen LogP contribution in [0, 0.1) is 10.1 Å². The Balaban J connectivity index is 2.18. The number of thioether (sulfide) groups is 1. The molecule has 0 aliphatic carbocycles. The number of nitro groups is 1. The van der Waals surface area contributed by atoms with Gasteiger partial charge in [-0.25, -0.2) is 0 Å². The average molecular weight is 328 g/mol. The molecule has 0 saturated heterocycles. The summed E-state index contributed by atoms with van der Waals surface area (Å²) >= 11 is 1.71. The minimum Gasteiger partial charge on any atom is -0.464 e. The molecular weight excluding hydrogens is 304 g/mol. The monoisotopic (exact) mass is 328 g/mol. The number of nitrogens with zero attached hydrogens (tertiary/aromatic N) is 2. The van der Waals surface area contributed by atoms with E-state index in [0.717, 1.165) is 29.6 Å². The molecule has 1 aromatic rings. The third-order valence-electron chi connectivity index (χ3n) is 2.77. The van der Waals surface area contributed by atoms with Gasteiger partial charge in [0.05, 0.1) is 12.3 Å². The zero-order valence-electron chi connectivity index (χ0n) is 13.3. The highest BCUT2D eigenvalue weighted by atomic mass is 32.2. The molecule has 1 rings (SSSR count). The standard InChI is InChI=1S/C14H24N4O3S/c1-11(2)17-8-12-4-5-13(21-12)10-22-7-6-16-14(15-3)9-18(19)20/h4-5,11,17H,6-10H2,1-3H3,(H,15,16). The highest BCUT2D eigenvalue weighted by molar-refractivity contribution is 7.98. The minimum absolute atomic E-state index is 0.258. The Hall–Kier alpha value is -1.54. The lowest BCUT2D eigenvalue weighted by Crippen LogP contribution is -2.31. The Labute approximate surface area is 135 Å². The maximum Gasteiger partial charge on any atom is 0.259 e. The summed E-state index contributed by atoms with van der Waals surface area (Å²) in [6, 6.07) is 4.41. The van der Waals surface area contributed by atoms with Crippen molar-refractivity contribution >= 4 is 17.6 Å². The number of aliphatic imine (C=N–C) groups is 1. The Morgan fingerprint density at radius 1 is 1.45 bits per heavy atom. The van der Waals surface area contributed by atoms with E-state index in [9.17, 15) is 10.1 Å². The van der Waals surface area contributed by atoms with Crippen LogP contribution in [0.2, 0.25) is 0 Å². The van der Waals surface area contributed by atoms with Crippen molar-refractivity contribution in [2.45, 2.75) is 32.2 Å². The van der Waals surface area contributed by atoms with Crippen molar-refractivity contribution in [2.24, 2.45) is 4.99 Å². The molecule has 1 aromatic heterocycles. The molecule has 0 radical (unpaired) electrons. The molecule has 0 spiro atoms. The van der Waals surface area contributed by atoms with Crippen molar-refractivity contribution in [3.8, 4) is 0 Å². The molecule has 22 heavy (non-hydrogen) atoms. The summed E-state index contributed by atoms with van der Waals surface area (Å²) in [7, 11) is 1.55. The van der Waals surface area contributed by atoms with Gasteiger partial charge in [0.15, 0.2) is 5.84 Å². The van der Waals surface area contributed by atoms with E-state index in [-0.39, 0.29) is 6.54 Å². The van der Waals surface area contributed by atoms with Crippen LogP contribution in [0.15, 0.2) is 21.5 Å². The largest absolute Gasteiger partial charge is 0.464 e. The number of hydrogen-bond donors (Lipinski definition) is 2. The second-order valence-corrected chi connectivity index (χ2v) is 6.15. The molecule has 0 atom stereocenters. The molecule has 7 nitrogen and oxygen atoms in total. The lowest BCUT2D eigenvalue weighted by molar-refractivity contribution is -0.463. The molecule has 8 heteroatoms. The van der Waals surface area contributed by atoms with Crippen molar-refractivity contribution in [3.63, 3.8) is 0 Å². The first-order valence-electron chi connectivity index (χ1n) is 7.21. The maximum atomic E-state index is 10.4. The SMILES string of the molecule is CN=C(C[N+](=O)[O-])NCCSCc1ccc(CNC(C)C)o1. The number of hydrogen-bond acceptors (Lipinski definition) is 6. The van der Waals surface area contributed by atoms with E-state index in [1.54, 1.807) is 18.8 Å². The summed E-state index contributed by atoms with van der Waals surface area (Å²) in [6.45, 7) is 5.32. The number of nitrogens with one attached hydrogen (secondary N) is 2. The first kappa shape index (κ1) is 18.5. The van der Waals surface area contributed by atoms with E-state index in [1.807, 2.05) is 12.1 Å². The minimum atomic E-state index is -0.391. The Morgan fingerprint density at radius 2 is 2.18 bits per heavy atom. The summed E-state index contributed by atoms with van der Waals surface area (Å²) < 4.78 is 5.72. The van der Waals surface area contributed by atoms with E-state index >= 15 is 0 Å². The first-order valence-corrected chi connectivity index (χ1v) is 8.36. The molecule has 0 aliphatic heterocycles. The van der Waals surface area contributed by atoms with Gasteiger partial charge in [0.2, 0.25) is 0 Å². The molecule has 0 aliphatic rings. The van der Waals surface area contributed by atoms with Crippen LogP contribution in [-0.4, -0.2) is 42.7 Å². The fraction of sp³-hybridized carbons (Fsp3) is 0.643. The lowest BCUT2D eigenvalue weighted by Gasteiger charge is -2.06. The zero-order valence-corrected chi connectivity index (χ0v) is 14.1. The predicted molar refractivity (Wildman–Crippen MR) is 90.1 cm³/mol. The van der Waals surface area contributed by atoms with Gasteiger partial charge in [-0.15, -0.1) is 0 Å². The van der Waals surface area contributed by atoms with Crippen molar-refractivity contribution in [1.82, 2.24) is 10.6 Å². The number of rotatable bonds is 10. The van der Waals surface area contributed by atoms with Gasteiger partial charge in [0.25, 0.3) is 6.54 Å². The number of furan rings is 1. The van der Waals surface area contributed by atoms with Gasteiger partial charge in [-0.2, -0.15) is 11.8 Å². The highest BCUT2D eigenvalue weighted by Crippen LogP contribution is 2.15. The Morgan fingerprint density at radius 3 is 2.82 bits per heavy atom. The summed E-state index contributed by atoms with van der Waals surface area (Å²) in [6.07, 6.45) is 0. The molecule has 0 aromatic carbocycles. The van der Waals surface area contributed by atoms with Crippen LogP contribution in [0.25, 0.3) is 0 Å². The Kier molecular flexibility index (Phi) is 8.61. The average Bonchev–Trinajstić information content (AvgIpc) is 2.91. The molecule has 0 fully saturated rings. The normalized spacial score (nSPS) is 11.9. The van der Waals surface area contributed by atoms with Crippen molar-refractivity contribution in [1.29, 1.82) is 0 Å². The third-order valence-corrected chi connectivity index (χ3v) is 3.75. The van der Waals surface area contributed by atoms with Crippen LogP contribution in [0.5, 0.6) is 0 Å². The van der Waals surface area contributed by atoms with Gasteiger partial charge >= 0.3 is 0 Å². The van der Waals surface area contributed by atoms with Crippen molar-refractivity contribution in [3.05, 3.63) is 33.8 Å². The summed E-state index contributed by atoms with van der Waals surface area (Å²) in [5, 5.41) is 16.7. The fourth-order valence-corrected chi connectivity index (χ4v) is 2.41. The van der Waals surface area contributed by atoms with Crippen LogP contribution < -0.4 is 10.6 Å². The van der Waals surface area contributed by atoms with Crippen LogP contribution in [-0.2, 0) is 12.3 Å². The molecule has 2 N–H and O–H groups in total. The van der Waals surface area contributed by atoms with Gasteiger partial charge in [0.1, 0.15) is 11.5 Å². The van der Waals surface area contributed by atoms with Gasteiger partial charge in [-0.1, -0.05) is 13.8 Å². The lowest BCUT2D eigenvalue weighted by atomic mass is 10.3. The fourth-order valence-electron chi connectivity index (χ4n) is 1.67.